The maximum atomic E-state index is 13.5. The maximum Gasteiger partial charge on any atom is 0.303 e. The second kappa shape index (κ2) is 13.0. The van der Waals surface area contributed by atoms with Gasteiger partial charge in [-0.05, 0) is 43.5 Å². The van der Waals surface area contributed by atoms with Crippen LogP contribution >= 0.6 is 0 Å². The molecule has 2 aromatic carbocycles. The fourth-order valence-corrected chi connectivity index (χ4v) is 2.64. The fraction of sp³-hybridized carbons (Fsp3) is 0.348. The molecular weight excluding hydrogens is 403 g/mol. The van der Waals surface area contributed by atoms with Crippen LogP contribution in [0.4, 0.5) is 4.39 Å². The number of hydrogen-bond donors (Lipinski definition) is 1. The predicted octanol–water partition coefficient (Wildman–Crippen LogP) is 4.64. The summed E-state index contributed by atoms with van der Waals surface area (Å²) in [5, 5.41) is 17.1. The molecule has 2 aromatic rings. The largest absolute Gasteiger partial charge is 0.494 e. The van der Waals surface area contributed by atoms with E-state index in [4.69, 9.17) is 19.5 Å². The molecule has 166 valence electrons. The summed E-state index contributed by atoms with van der Waals surface area (Å²) in [7, 11) is 1.41. The summed E-state index contributed by atoms with van der Waals surface area (Å²) >= 11 is 0. The number of benzene rings is 2. The van der Waals surface area contributed by atoms with Crippen LogP contribution in [0.2, 0.25) is 0 Å². The quantitative estimate of drug-likeness (QED) is 0.284. The monoisotopic (exact) mass is 430 g/mol. The van der Waals surface area contributed by atoms with Crippen LogP contribution in [-0.2, 0) is 14.5 Å². The Morgan fingerprint density at radius 1 is 0.968 bits per heavy atom. The number of nitrogens with zero attached hydrogens (tertiary/aromatic N) is 2. The van der Waals surface area contributed by atoms with Gasteiger partial charge in [-0.3, -0.25) is 4.79 Å². The molecule has 0 unspecified atom stereocenters. The number of aliphatic carboxylic acids is 1. The molecule has 0 aliphatic carbocycles. The number of carboxylic acid groups (broad SMARTS) is 1. The molecule has 0 aliphatic heterocycles. The van der Waals surface area contributed by atoms with Crippen LogP contribution in [-0.4, -0.2) is 42.8 Å². The molecule has 0 bridgehead atoms. The van der Waals surface area contributed by atoms with E-state index in [9.17, 15) is 9.18 Å². The Kier molecular flexibility index (Phi) is 10.0. The summed E-state index contributed by atoms with van der Waals surface area (Å²) in [6.07, 6.45) is 1.69. The molecule has 0 aromatic heterocycles. The van der Waals surface area contributed by atoms with Gasteiger partial charge in [0.1, 0.15) is 13.2 Å². The third-order valence-corrected chi connectivity index (χ3v) is 4.35. The molecule has 0 saturated heterocycles. The minimum Gasteiger partial charge on any atom is -0.494 e. The first-order valence-electron chi connectivity index (χ1n) is 9.97. The average Bonchev–Trinajstić information content (AvgIpc) is 2.78. The Balaban J connectivity index is 1.74. The highest BCUT2D eigenvalue weighted by molar-refractivity contribution is 6.01. The van der Waals surface area contributed by atoms with Gasteiger partial charge in [0.25, 0.3) is 0 Å². The SMILES string of the molecule is COc1cc(/C(C)=N/OCCCCO/N=C(/CCC(=O)O)c2ccccc2)ccc1F. The highest BCUT2D eigenvalue weighted by atomic mass is 19.1. The number of ether oxygens (including phenoxy) is 1. The lowest BCUT2D eigenvalue weighted by Gasteiger charge is -2.07. The lowest BCUT2D eigenvalue weighted by atomic mass is 10.1. The number of halogens is 1. The smallest absolute Gasteiger partial charge is 0.303 e. The number of methoxy groups -OCH3 is 1. The molecule has 7 nitrogen and oxygen atoms in total. The van der Waals surface area contributed by atoms with Crippen LogP contribution in [0.1, 0.15) is 43.7 Å². The second-order valence-corrected chi connectivity index (χ2v) is 6.70. The summed E-state index contributed by atoms with van der Waals surface area (Å²) in [6.45, 7) is 2.55. The molecule has 0 spiro atoms. The molecule has 0 heterocycles. The zero-order valence-electron chi connectivity index (χ0n) is 17.7. The summed E-state index contributed by atoms with van der Waals surface area (Å²) in [6, 6.07) is 13.9. The molecule has 0 saturated carbocycles. The second-order valence-electron chi connectivity index (χ2n) is 6.70. The van der Waals surface area contributed by atoms with E-state index in [-0.39, 0.29) is 12.2 Å². The number of carbonyl (C=O) groups is 1. The molecule has 0 radical (unpaired) electrons. The summed E-state index contributed by atoms with van der Waals surface area (Å²) in [5.41, 5.74) is 2.78. The van der Waals surface area contributed by atoms with E-state index in [1.54, 1.807) is 19.1 Å². The highest BCUT2D eigenvalue weighted by Crippen LogP contribution is 2.18. The summed E-state index contributed by atoms with van der Waals surface area (Å²) in [5.74, 6) is -1.15. The normalized spacial score (nSPS) is 11.8. The molecule has 2 rings (SSSR count). The van der Waals surface area contributed by atoms with Crippen molar-refractivity contribution in [2.24, 2.45) is 10.3 Å². The number of oxime groups is 2. The van der Waals surface area contributed by atoms with Crippen molar-refractivity contribution in [2.75, 3.05) is 20.3 Å². The van der Waals surface area contributed by atoms with Crippen LogP contribution in [0.25, 0.3) is 0 Å². The van der Waals surface area contributed by atoms with Gasteiger partial charge < -0.3 is 19.5 Å². The predicted molar refractivity (Wildman–Crippen MR) is 116 cm³/mol. The Hall–Kier alpha value is -3.42. The Morgan fingerprint density at radius 2 is 1.65 bits per heavy atom. The minimum atomic E-state index is -0.879. The van der Waals surface area contributed by atoms with Gasteiger partial charge in [0.05, 0.1) is 25.0 Å². The van der Waals surface area contributed by atoms with Gasteiger partial charge in [-0.2, -0.15) is 0 Å². The topological polar surface area (TPSA) is 89.7 Å². The van der Waals surface area contributed by atoms with Crippen LogP contribution in [0.3, 0.4) is 0 Å². The van der Waals surface area contributed by atoms with Gasteiger partial charge >= 0.3 is 5.97 Å². The van der Waals surface area contributed by atoms with Gasteiger partial charge in [0.2, 0.25) is 0 Å². The van der Waals surface area contributed by atoms with Gasteiger partial charge in [-0.1, -0.05) is 40.6 Å². The van der Waals surface area contributed by atoms with Crippen LogP contribution in [0.5, 0.6) is 5.75 Å². The lowest BCUT2D eigenvalue weighted by molar-refractivity contribution is -0.136. The van der Waals surface area contributed by atoms with Crippen molar-refractivity contribution in [3.63, 3.8) is 0 Å². The standard InChI is InChI=1S/C23H27FN2O5/c1-17(19-10-11-20(24)22(16-19)29-2)25-30-14-6-7-15-31-26-21(12-13-23(27)28)18-8-4-3-5-9-18/h3-5,8-11,16H,6-7,12-15H2,1-2H3,(H,27,28)/b25-17+,26-21-. The zero-order valence-corrected chi connectivity index (χ0v) is 17.7. The molecule has 0 atom stereocenters. The first-order chi connectivity index (χ1) is 15.0. The van der Waals surface area contributed by atoms with Crippen molar-refractivity contribution in [3.8, 4) is 5.75 Å². The van der Waals surface area contributed by atoms with Gasteiger partial charge in [0.15, 0.2) is 11.6 Å². The van der Waals surface area contributed by atoms with E-state index >= 15 is 0 Å². The Bertz CT molecular complexity index is 900. The third-order valence-electron chi connectivity index (χ3n) is 4.35. The van der Waals surface area contributed by atoms with Gasteiger partial charge in [-0.15, -0.1) is 0 Å². The molecule has 31 heavy (non-hydrogen) atoms. The van der Waals surface area contributed by atoms with Gasteiger partial charge in [-0.25, -0.2) is 4.39 Å². The average molecular weight is 430 g/mol. The molecular formula is C23H27FN2O5. The minimum absolute atomic E-state index is 0.0117. The van der Waals surface area contributed by atoms with Crippen molar-refractivity contribution in [1.29, 1.82) is 0 Å². The Labute approximate surface area is 181 Å². The molecule has 0 aliphatic rings. The molecule has 0 fully saturated rings. The highest BCUT2D eigenvalue weighted by Gasteiger charge is 2.08. The molecule has 0 amide bonds. The Morgan fingerprint density at radius 3 is 2.29 bits per heavy atom. The number of rotatable bonds is 13. The van der Waals surface area contributed by atoms with E-state index in [1.807, 2.05) is 30.3 Å². The lowest BCUT2D eigenvalue weighted by Crippen LogP contribution is -2.06. The zero-order chi connectivity index (χ0) is 22.5. The van der Waals surface area contributed by atoms with Crippen LogP contribution < -0.4 is 4.74 Å². The number of carboxylic acids is 1. The van der Waals surface area contributed by atoms with E-state index in [0.29, 0.717) is 49.5 Å². The van der Waals surface area contributed by atoms with Gasteiger partial charge in [0, 0.05) is 12.0 Å². The first-order valence-corrected chi connectivity index (χ1v) is 9.97. The summed E-state index contributed by atoms with van der Waals surface area (Å²) in [4.78, 5) is 21.5. The van der Waals surface area contributed by atoms with E-state index in [2.05, 4.69) is 10.3 Å². The number of hydrogen-bond acceptors (Lipinski definition) is 6. The van der Waals surface area contributed by atoms with Crippen molar-refractivity contribution >= 4 is 17.4 Å². The van der Waals surface area contributed by atoms with Crippen molar-refractivity contribution in [3.05, 3.63) is 65.5 Å². The first kappa shape index (κ1) is 23.9. The molecule has 8 heteroatoms. The van der Waals surface area contributed by atoms with Crippen LogP contribution in [0.15, 0.2) is 58.8 Å². The summed E-state index contributed by atoms with van der Waals surface area (Å²) < 4.78 is 18.4. The number of unbranched alkanes of at least 4 members (excludes halogenated alkanes) is 1. The van der Waals surface area contributed by atoms with E-state index < -0.39 is 11.8 Å². The molecule has 1 N–H and O–H groups in total. The third kappa shape index (κ3) is 8.46. The van der Waals surface area contributed by atoms with Crippen LogP contribution in [0, 0.1) is 5.82 Å². The fourth-order valence-electron chi connectivity index (χ4n) is 2.64. The van der Waals surface area contributed by atoms with Crippen molar-refractivity contribution in [2.45, 2.75) is 32.6 Å². The van der Waals surface area contributed by atoms with E-state index in [0.717, 1.165) is 5.56 Å². The van der Waals surface area contributed by atoms with Crippen molar-refractivity contribution < 1.29 is 28.7 Å². The maximum absolute atomic E-state index is 13.5. The van der Waals surface area contributed by atoms with E-state index in [1.165, 1.54) is 13.2 Å². The van der Waals surface area contributed by atoms with Crippen molar-refractivity contribution in [1.82, 2.24) is 0 Å².